The Morgan fingerprint density at radius 2 is 2.12 bits per heavy atom. The normalized spacial score (nSPS) is 11.6. The minimum absolute atomic E-state index is 0.284. The SMILES string of the molecule is COC(=O)C(C)NCc1ccc(C#N)cc1. The number of esters is 1. The zero-order valence-electron chi connectivity index (χ0n) is 9.36. The van der Waals surface area contributed by atoms with Gasteiger partial charge >= 0.3 is 5.97 Å². The van der Waals surface area contributed by atoms with Crippen molar-refractivity contribution < 1.29 is 9.53 Å². The first-order chi connectivity index (χ1) is 7.67. The molecule has 0 saturated heterocycles. The molecule has 4 nitrogen and oxygen atoms in total. The standard InChI is InChI=1S/C12H14N2O2/c1-9(12(15)16-2)14-8-11-5-3-10(7-13)4-6-11/h3-6,9,14H,8H2,1-2H3. The quantitative estimate of drug-likeness (QED) is 0.771. The highest BCUT2D eigenvalue weighted by Gasteiger charge is 2.11. The first kappa shape index (κ1) is 12.2. The second-order valence-corrected chi connectivity index (χ2v) is 3.43. The molecule has 0 aliphatic carbocycles. The summed E-state index contributed by atoms with van der Waals surface area (Å²) in [5.74, 6) is -0.284. The molecule has 1 aromatic rings. The maximum Gasteiger partial charge on any atom is 0.322 e. The third kappa shape index (κ3) is 3.37. The van der Waals surface area contributed by atoms with E-state index in [1.54, 1.807) is 19.1 Å². The molecule has 1 rings (SSSR count). The molecule has 0 aromatic heterocycles. The molecule has 0 amide bonds. The lowest BCUT2D eigenvalue weighted by Gasteiger charge is -2.11. The number of nitrogens with zero attached hydrogens (tertiary/aromatic N) is 1. The summed E-state index contributed by atoms with van der Waals surface area (Å²) in [7, 11) is 1.36. The highest BCUT2D eigenvalue weighted by Crippen LogP contribution is 2.03. The molecule has 4 heteroatoms. The first-order valence-electron chi connectivity index (χ1n) is 4.97. The molecule has 0 bridgehead atoms. The van der Waals surface area contributed by atoms with E-state index < -0.39 is 0 Å². The van der Waals surface area contributed by atoms with Crippen molar-refractivity contribution in [2.45, 2.75) is 19.5 Å². The average Bonchev–Trinajstić information content (AvgIpc) is 2.35. The van der Waals surface area contributed by atoms with E-state index in [1.165, 1.54) is 7.11 Å². The third-order valence-corrected chi connectivity index (χ3v) is 2.25. The fraction of sp³-hybridized carbons (Fsp3) is 0.333. The molecule has 0 saturated carbocycles. The molecule has 0 radical (unpaired) electrons. The molecular weight excluding hydrogens is 204 g/mol. The summed E-state index contributed by atoms with van der Waals surface area (Å²) in [6, 6.07) is 8.93. The Hall–Kier alpha value is -1.86. The van der Waals surface area contributed by atoms with Crippen LogP contribution in [-0.2, 0) is 16.1 Å². The van der Waals surface area contributed by atoms with Crippen LogP contribution in [0.5, 0.6) is 0 Å². The number of nitrogens with one attached hydrogen (secondary N) is 1. The fourth-order valence-electron chi connectivity index (χ4n) is 1.23. The minimum atomic E-state index is -0.333. The number of benzene rings is 1. The van der Waals surface area contributed by atoms with E-state index in [2.05, 4.69) is 16.1 Å². The molecule has 0 aliphatic rings. The maximum atomic E-state index is 11.1. The third-order valence-electron chi connectivity index (χ3n) is 2.25. The van der Waals surface area contributed by atoms with Crippen LogP contribution in [0.3, 0.4) is 0 Å². The Morgan fingerprint density at radius 3 is 2.62 bits per heavy atom. The minimum Gasteiger partial charge on any atom is -0.468 e. The Balaban J connectivity index is 2.49. The van der Waals surface area contributed by atoms with E-state index in [0.29, 0.717) is 12.1 Å². The number of ether oxygens (including phenoxy) is 1. The van der Waals surface area contributed by atoms with Crippen LogP contribution in [0, 0.1) is 11.3 Å². The molecule has 1 aromatic carbocycles. The summed E-state index contributed by atoms with van der Waals surface area (Å²) >= 11 is 0. The van der Waals surface area contributed by atoms with Crippen LogP contribution in [0.2, 0.25) is 0 Å². The first-order valence-corrected chi connectivity index (χ1v) is 4.97. The number of carbonyl (C=O) groups excluding carboxylic acids is 1. The summed E-state index contributed by atoms with van der Waals surface area (Å²) in [6.45, 7) is 2.32. The van der Waals surface area contributed by atoms with E-state index in [4.69, 9.17) is 5.26 Å². The van der Waals surface area contributed by atoms with Crippen LogP contribution in [0.4, 0.5) is 0 Å². The molecule has 1 unspecified atom stereocenters. The molecule has 0 aliphatic heterocycles. The van der Waals surface area contributed by atoms with Gasteiger partial charge in [0.15, 0.2) is 0 Å². The van der Waals surface area contributed by atoms with Gasteiger partial charge in [-0.2, -0.15) is 5.26 Å². The summed E-state index contributed by atoms with van der Waals surface area (Å²) in [4.78, 5) is 11.1. The van der Waals surface area contributed by atoms with Gasteiger partial charge in [-0.3, -0.25) is 4.79 Å². The zero-order valence-corrected chi connectivity index (χ0v) is 9.36. The number of hydrogen-bond acceptors (Lipinski definition) is 4. The van der Waals surface area contributed by atoms with Crippen molar-refractivity contribution in [3.8, 4) is 6.07 Å². The van der Waals surface area contributed by atoms with E-state index >= 15 is 0 Å². The van der Waals surface area contributed by atoms with E-state index in [-0.39, 0.29) is 12.0 Å². The molecule has 16 heavy (non-hydrogen) atoms. The Morgan fingerprint density at radius 1 is 1.50 bits per heavy atom. The average molecular weight is 218 g/mol. The number of rotatable bonds is 4. The van der Waals surface area contributed by atoms with Crippen molar-refractivity contribution in [3.05, 3.63) is 35.4 Å². The van der Waals surface area contributed by atoms with Crippen molar-refractivity contribution in [2.24, 2.45) is 0 Å². The van der Waals surface area contributed by atoms with E-state index in [1.807, 2.05) is 12.1 Å². The van der Waals surface area contributed by atoms with Crippen LogP contribution in [0.15, 0.2) is 24.3 Å². The Kier molecular flexibility index (Phi) is 4.49. The number of carbonyl (C=O) groups is 1. The summed E-state index contributed by atoms with van der Waals surface area (Å²) in [6.07, 6.45) is 0. The molecular formula is C12H14N2O2. The monoisotopic (exact) mass is 218 g/mol. The zero-order chi connectivity index (χ0) is 12.0. The summed E-state index contributed by atoms with van der Waals surface area (Å²) in [5, 5.41) is 11.7. The molecule has 84 valence electrons. The maximum absolute atomic E-state index is 11.1. The molecule has 0 heterocycles. The van der Waals surface area contributed by atoms with E-state index in [0.717, 1.165) is 5.56 Å². The van der Waals surface area contributed by atoms with E-state index in [9.17, 15) is 4.79 Å². The van der Waals surface area contributed by atoms with Crippen molar-refractivity contribution in [1.82, 2.24) is 5.32 Å². The lowest BCUT2D eigenvalue weighted by molar-refractivity contribution is -0.142. The van der Waals surface area contributed by atoms with Crippen LogP contribution in [0.1, 0.15) is 18.1 Å². The van der Waals surface area contributed by atoms with Crippen LogP contribution >= 0.6 is 0 Å². The van der Waals surface area contributed by atoms with Gasteiger partial charge in [-0.15, -0.1) is 0 Å². The van der Waals surface area contributed by atoms with Crippen molar-refractivity contribution in [1.29, 1.82) is 5.26 Å². The largest absolute Gasteiger partial charge is 0.468 e. The summed E-state index contributed by atoms with van der Waals surface area (Å²) in [5.41, 5.74) is 1.65. The van der Waals surface area contributed by atoms with Crippen molar-refractivity contribution >= 4 is 5.97 Å². The van der Waals surface area contributed by atoms with Crippen LogP contribution in [-0.4, -0.2) is 19.1 Å². The highest BCUT2D eigenvalue weighted by atomic mass is 16.5. The van der Waals surface area contributed by atoms with Crippen LogP contribution in [0.25, 0.3) is 0 Å². The molecule has 0 spiro atoms. The lowest BCUT2D eigenvalue weighted by Crippen LogP contribution is -2.34. The lowest BCUT2D eigenvalue weighted by atomic mass is 10.1. The smallest absolute Gasteiger partial charge is 0.322 e. The Bertz CT molecular complexity index is 392. The van der Waals surface area contributed by atoms with Gasteiger partial charge in [-0.1, -0.05) is 12.1 Å². The number of methoxy groups -OCH3 is 1. The van der Waals surface area contributed by atoms with Crippen molar-refractivity contribution in [2.75, 3.05) is 7.11 Å². The fourth-order valence-corrected chi connectivity index (χ4v) is 1.23. The molecule has 1 N–H and O–H groups in total. The second-order valence-electron chi connectivity index (χ2n) is 3.43. The van der Waals surface area contributed by atoms with Gasteiger partial charge in [-0.25, -0.2) is 0 Å². The Labute approximate surface area is 94.8 Å². The van der Waals surface area contributed by atoms with Gasteiger partial charge in [-0.05, 0) is 24.6 Å². The molecule has 0 fully saturated rings. The van der Waals surface area contributed by atoms with Crippen LogP contribution < -0.4 is 5.32 Å². The van der Waals surface area contributed by atoms with Gasteiger partial charge in [0, 0.05) is 6.54 Å². The van der Waals surface area contributed by atoms with Gasteiger partial charge in [0.25, 0.3) is 0 Å². The second kappa shape index (κ2) is 5.89. The van der Waals surface area contributed by atoms with Crippen molar-refractivity contribution in [3.63, 3.8) is 0 Å². The molecule has 1 atom stereocenters. The predicted octanol–water partition coefficient (Wildman–Crippen LogP) is 1.21. The highest BCUT2D eigenvalue weighted by molar-refractivity contribution is 5.75. The topological polar surface area (TPSA) is 62.1 Å². The number of nitriles is 1. The predicted molar refractivity (Wildman–Crippen MR) is 59.5 cm³/mol. The van der Waals surface area contributed by atoms with Gasteiger partial charge in [0.2, 0.25) is 0 Å². The number of hydrogen-bond donors (Lipinski definition) is 1. The van der Waals surface area contributed by atoms with Gasteiger partial charge in [0.05, 0.1) is 18.7 Å². The van der Waals surface area contributed by atoms with Gasteiger partial charge < -0.3 is 10.1 Å². The summed E-state index contributed by atoms with van der Waals surface area (Å²) < 4.78 is 4.59. The van der Waals surface area contributed by atoms with Gasteiger partial charge in [0.1, 0.15) is 6.04 Å².